The van der Waals surface area contributed by atoms with Crippen molar-refractivity contribution in [1.82, 2.24) is 9.97 Å². The van der Waals surface area contributed by atoms with E-state index in [2.05, 4.69) is 62.4 Å². The molecule has 3 nitrogen and oxygen atoms in total. The second-order valence-electron chi connectivity index (χ2n) is 5.68. The third kappa shape index (κ3) is 2.86. The summed E-state index contributed by atoms with van der Waals surface area (Å²) in [5, 5.41) is 1.22. The first-order chi connectivity index (χ1) is 11.3. The van der Waals surface area contributed by atoms with Crippen LogP contribution in [0.2, 0.25) is 0 Å². The Balaban J connectivity index is 1.80. The van der Waals surface area contributed by atoms with Crippen molar-refractivity contribution in [1.29, 1.82) is 0 Å². The van der Waals surface area contributed by atoms with Gasteiger partial charge in [-0.05, 0) is 54.8 Å². The quantitative estimate of drug-likeness (QED) is 0.682. The predicted octanol–water partition coefficient (Wildman–Crippen LogP) is 4.99. The zero-order chi connectivity index (χ0) is 15.6. The van der Waals surface area contributed by atoms with E-state index in [4.69, 9.17) is 4.99 Å². The fraction of sp³-hybridized carbons (Fsp3) is 0.158. The maximum atomic E-state index is 4.75. The van der Waals surface area contributed by atoms with Gasteiger partial charge in [-0.1, -0.05) is 15.9 Å². The minimum Gasteiger partial charge on any atom is -0.361 e. The fourth-order valence-electron chi connectivity index (χ4n) is 3.02. The van der Waals surface area contributed by atoms with Crippen molar-refractivity contribution >= 4 is 38.6 Å². The zero-order valence-corrected chi connectivity index (χ0v) is 14.2. The van der Waals surface area contributed by atoms with Crippen LogP contribution in [0.15, 0.2) is 64.0 Å². The molecule has 0 saturated heterocycles. The maximum Gasteiger partial charge on any atom is 0.0694 e. The monoisotopic (exact) mass is 365 g/mol. The number of H-pyrrole nitrogens is 1. The molecule has 4 heteroatoms. The van der Waals surface area contributed by atoms with Crippen LogP contribution in [0.3, 0.4) is 0 Å². The highest BCUT2D eigenvalue weighted by Crippen LogP contribution is 2.27. The lowest BCUT2D eigenvalue weighted by molar-refractivity contribution is 0.818. The first-order valence-corrected chi connectivity index (χ1v) is 8.53. The summed E-state index contributed by atoms with van der Waals surface area (Å²) in [6, 6.07) is 10.4. The number of aromatic nitrogens is 2. The van der Waals surface area contributed by atoms with Gasteiger partial charge in [-0.25, -0.2) is 0 Å². The molecule has 1 aliphatic rings. The van der Waals surface area contributed by atoms with Crippen LogP contribution in [0.25, 0.3) is 17.0 Å². The van der Waals surface area contributed by atoms with E-state index in [-0.39, 0.29) is 0 Å². The molecular formula is C19H16BrN3. The van der Waals surface area contributed by atoms with Crippen molar-refractivity contribution in [2.75, 3.05) is 6.54 Å². The Morgan fingerprint density at radius 1 is 1.22 bits per heavy atom. The summed E-state index contributed by atoms with van der Waals surface area (Å²) < 4.78 is 1.09. The number of fused-ring (bicyclic) bond motifs is 1. The highest BCUT2D eigenvalue weighted by Gasteiger charge is 2.15. The summed E-state index contributed by atoms with van der Waals surface area (Å²) >= 11 is 3.56. The molecule has 0 aliphatic carbocycles. The maximum absolute atomic E-state index is 4.75. The summed E-state index contributed by atoms with van der Waals surface area (Å²) in [7, 11) is 0. The number of hydrogen-bond acceptors (Lipinski definition) is 2. The van der Waals surface area contributed by atoms with E-state index in [1.807, 2.05) is 12.3 Å². The van der Waals surface area contributed by atoms with Gasteiger partial charge in [0.05, 0.1) is 5.71 Å². The van der Waals surface area contributed by atoms with Gasteiger partial charge in [0.2, 0.25) is 0 Å². The van der Waals surface area contributed by atoms with Crippen LogP contribution in [-0.4, -0.2) is 22.2 Å². The molecule has 1 aromatic carbocycles. The number of aromatic amines is 1. The SMILES string of the molecule is Brc1ccc2[nH]cc(C=C3CCCN=C3c3cccnc3)c2c1. The Morgan fingerprint density at radius 3 is 3.04 bits per heavy atom. The van der Waals surface area contributed by atoms with Crippen LogP contribution < -0.4 is 0 Å². The minimum atomic E-state index is 0.890. The van der Waals surface area contributed by atoms with Gasteiger partial charge in [0, 0.05) is 51.6 Å². The lowest BCUT2D eigenvalue weighted by atomic mass is 9.95. The van der Waals surface area contributed by atoms with Gasteiger partial charge < -0.3 is 4.98 Å². The molecule has 0 saturated carbocycles. The largest absolute Gasteiger partial charge is 0.361 e. The van der Waals surface area contributed by atoms with Crippen LogP contribution in [0.1, 0.15) is 24.0 Å². The van der Waals surface area contributed by atoms with Crippen molar-refractivity contribution in [2.24, 2.45) is 4.99 Å². The van der Waals surface area contributed by atoms with E-state index in [1.54, 1.807) is 6.20 Å². The van der Waals surface area contributed by atoms with E-state index in [1.165, 1.54) is 16.5 Å². The molecule has 0 atom stereocenters. The van der Waals surface area contributed by atoms with Crippen LogP contribution in [0, 0.1) is 0 Å². The molecule has 0 bridgehead atoms. The topological polar surface area (TPSA) is 41.0 Å². The minimum absolute atomic E-state index is 0.890. The predicted molar refractivity (Wildman–Crippen MR) is 98.9 cm³/mol. The lowest BCUT2D eigenvalue weighted by Gasteiger charge is -2.16. The fourth-order valence-corrected chi connectivity index (χ4v) is 3.38. The lowest BCUT2D eigenvalue weighted by Crippen LogP contribution is -2.11. The van der Waals surface area contributed by atoms with Gasteiger partial charge in [0.15, 0.2) is 0 Å². The Kier molecular flexibility index (Phi) is 3.83. The molecule has 0 unspecified atom stereocenters. The van der Waals surface area contributed by atoms with Crippen LogP contribution >= 0.6 is 15.9 Å². The second-order valence-corrected chi connectivity index (χ2v) is 6.59. The Morgan fingerprint density at radius 2 is 2.17 bits per heavy atom. The van der Waals surface area contributed by atoms with E-state index >= 15 is 0 Å². The summed E-state index contributed by atoms with van der Waals surface area (Å²) in [4.78, 5) is 12.3. The summed E-state index contributed by atoms with van der Waals surface area (Å²) in [5.41, 5.74) is 5.81. The number of pyridine rings is 1. The summed E-state index contributed by atoms with van der Waals surface area (Å²) in [5.74, 6) is 0. The van der Waals surface area contributed by atoms with Crippen LogP contribution in [-0.2, 0) is 0 Å². The number of allylic oxidation sites excluding steroid dienone is 1. The van der Waals surface area contributed by atoms with E-state index in [0.717, 1.165) is 40.7 Å². The van der Waals surface area contributed by atoms with E-state index < -0.39 is 0 Å². The number of benzene rings is 1. The Labute approximate surface area is 143 Å². The molecule has 3 heterocycles. The molecule has 23 heavy (non-hydrogen) atoms. The molecule has 0 fully saturated rings. The van der Waals surface area contributed by atoms with Crippen molar-refractivity contribution in [3.05, 3.63) is 70.1 Å². The van der Waals surface area contributed by atoms with Gasteiger partial charge in [0.1, 0.15) is 0 Å². The molecule has 0 radical (unpaired) electrons. The van der Waals surface area contributed by atoms with E-state index in [9.17, 15) is 0 Å². The number of hydrogen-bond donors (Lipinski definition) is 1. The smallest absolute Gasteiger partial charge is 0.0694 e. The highest BCUT2D eigenvalue weighted by atomic mass is 79.9. The van der Waals surface area contributed by atoms with Gasteiger partial charge in [-0.2, -0.15) is 0 Å². The molecule has 114 valence electrons. The molecule has 1 aliphatic heterocycles. The summed E-state index contributed by atoms with van der Waals surface area (Å²) in [6.45, 7) is 0.890. The molecule has 0 spiro atoms. The van der Waals surface area contributed by atoms with Gasteiger partial charge in [-0.3, -0.25) is 9.98 Å². The highest BCUT2D eigenvalue weighted by molar-refractivity contribution is 9.10. The zero-order valence-electron chi connectivity index (χ0n) is 12.6. The second kappa shape index (κ2) is 6.13. The van der Waals surface area contributed by atoms with E-state index in [0.29, 0.717) is 0 Å². The number of rotatable bonds is 2. The molecule has 0 amide bonds. The molecule has 4 rings (SSSR count). The van der Waals surface area contributed by atoms with Crippen molar-refractivity contribution < 1.29 is 0 Å². The Hall–Kier alpha value is -2.20. The molecule has 1 N–H and O–H groups in total. The van der Waals surface area contributed by atoms with Gasteiger partial charge in [-0.15, -0.1) is 0 Å². The third-order valence-corrected chi connectivity index (χ3v) is 4.61. The average Bonchev–Trinajstić information content (AvgIpc) is 2.98. The molecular weight excluding hydrogens is 350 g/mol. The number of aliphatic imine (C=N–C) groups is 1. The van der Waals surface area contributed by atoms with Gasteiger partial charge >= 0.3 is 0 Å². The average molecular weight is 366 g/mol. The first-order valence-electron chi connectivity index (χ1n) is 7.74. The third-order valence-electron chi connectivity index (χ3n) is 4.12. The number of nitrogens with zero attached hydrogens (tertiary/aromatic N) is 2. The van der Waals surface area contributed by atoms with Crippen molar-refractivity contribution in [3.63, 3.8) is 0 Å². The van der Waals surface area contributed by atoms with Gasteiger partial charge in [0.25, 0.3) is 0 Å². The van der Waals surface area contributed by atoms with Crippen LogP contribution in [0.4, 0.5) is 0 Å². The van der Waals surface area contributed by atoms with Crippen molar-refractivity contribution in [3.8, 4) is 0 Å². The standard InChI is InChI=1S/C19H16BrN3/c20-16-5-6-18-17(10-16)15(12-23-18)9-13-3-2-8-22-19(13)14-4-1-7-21-11-14/h1,4-7,9-12,23H,2-3,8H2. The number of nitrogens with one attached hydrogen (secondary N) is 1. The normalized spacial score (nSPS) is 16.7. The van der Waals surface area contributed by atoms with Crippen LogP contribution in [0.5, 0.6) is 0 Å². The molecule has 2 aromatic heterocycles. The summed E-state index contributed by atoms with van der Waals surface area (Å²) in [6.07, 6.45) is 10.2. The number of halogens is 1. The Bertz CT molecular complexity index is 907. The first kappa shape index (κ1) is 14.4. The van der Waals surface area contributed by atoms with Crippen molar-refractivity contribution in [2.45, 2.75) is 12.8 Å². The molecule has 3 aromatic rings.